The second-order valence-corrected chi connectivity index (χ2v) is 8.99. The van der Waals surface area contributed by atoms with Gasteiger partial charge in [-0.05, 0) is 61.9 Å². The summed E-state index contributed by atoms with van der Waals surface area (Å²) in [6.45, 7) is 5.86. The molecule has 0 radical (unpaired) electrons. The number of aryl methyl sites for hydroxylation is 3. The Morgan fingerprint density at radius 3 is 2.71 bits per heavy atom. The molecule has 0 bridgehead atoms. The van der Waals surface area contributed by atoms with Gasteiger partial charge < -0.3 is 19.5 Å². The maximum absolute atomic E-state index is 13.1. The van der Waals surface area contributed by atoms with Crippen molar-refractivity contribution in [3.8, 4) is 5.75 Å². The lowest BCUT2D eigenvalue weighted by atomic mass is 9.99. The molecule has 0 aliphatic carbocycles. The molecule has 1 aliphatic rings. The second-order valence-electron chi connectivity index (χ2n) is 8.99. The van der Waals surface area contributed by atoms with Crippen molar-refractivity contribution in [2.75, 3.05) is 25.6 Å². The van der Waals surface area contributed by atoms with Gasteiger partial charge in [0.05, 0.1) is 7.11 Å². The third-order valence-electron chi connectivity index (χ3n) is 6.75. The maximum Gasteiger partial charge on any atom is 0.257 e. The molecule has 2 aromatic carbocycles. The monoisotopic (exact) mass is 459 g/mol. The van der Waals surface area contributed by atoms with Gasteiger partial charge in [0.2, 0.25) is 0 Å². The van der Waals surface area contributed by atoms with E-state index < -0.39 is 0 Å². The molecule has 1 aromatic heterocycles. The number of aromatic nitrogens is 1. The molecule has 1 N–H and O–H groups in total. The molecule has 3 aromatic rings. The first-order valence-corrected chi connectivity index (χ1v) is 11.8. The molecule has 2 heterocycles. The van der Waals surface area contributed by atoms with Crippen LogP contribution in [0.15, 0.2) is 53.3 Å². The predicted octanol–water partition coefficient (Wildman–Crippen LogP) is 4.03. The number of para-hydroxylation sites is 1. The average Bonchev–Trinajstić information content (AvgIpc) is 2.82. The molecule has 6 heteroatoms. The Morgan fingerprint density at radius 2 is 1.91 bits per heavy atom. The van der Waals surface area contributed by atoms with Crippen LogP contribution in [0.5, 0.6) is 5.75 Å². The highest BCUT2D eigenvalue weighted by molar-refractivity contribution is 5.95. The van der Waals surface area contributed by atoms with Crippen molar-refractivity contribution in [1.29, 1.82) is 0 Å². The van der Waals surface area contributed by atoms with Crippen LogP contribution in [0.3, 0.4) is 0 Å². The molecule has 1 aliphatic heterocycles. The van der Waals surface area contributed by atoms with E-state index in [1.807, 2.05) is 42.7 Å². The fourth-order valence-corrected chi connectivity index (χ4v) is 4.90. The minimum absolute atomic E-state index is 0.211. The summed E-state index contributed by atoms with van der Waals surface area (Å²) in [6.07, 6.45) is 2.92. The number of rotatable bonds is 7. The zero-order valence-electron chi connectivity index (χ0n) is 20.5. The fraction of sp³-hybridized carbons (Fsp3) is 0.357. The van der Waals surface area contributed by atoms with E-state index in [1.54, 1.807) is 13.2 Å². The van der Waals surface area contributed by atoms with E-state index in [1.165, 1.54) is 11.3 Å². The van der Waals surface area contributed by atoms with Crippen molar-refractivity contribution in [3.05, 3.63) is 92.4 Å². The number of pyridine rings is 1. The first-order valence-electron chi connectivity index (χ1n) is 11.8. The van der Waals surface area contributed by atoms with Gasteiger partial charge in [0, 0.05) is 49.8 Å². The van der Waals surface area contributed by atoms with Gasteiger partial charge in [0.15, 0.2) is 5.43 Å². The maximum atomic E-state index is 13.1. The first-order chi connectivity index (χ1) is 16.4. The first kappa shape index (κ1) is 23.6. The molecule has 6 nitrogen and oxygen atoms in total. The quantitative estimate of drug-likeness (QED) is 0.580. The van der Waals surface area contributed by atoms with Gasteiger partial charge in [-0.25, -0.2) is 0 Å². The number of anilines is 1. The summed E-state index contributed by atoms with van der Waals surface area (Å²) in [5.41, 5.74) is 6.20. The van der Waals surface area contributed by atoms with Gasteiger partial charge >= 0.3 is 0 Å². The van der Waals surface area contributed by atoms with E-state index in [4.69, 9.17) is 4.74 Å². The van der Waals surface area contributed by atoms with Gasteiger partial charge in [-0.15, -0.1) is 0 Å². The highest BCUT2D eigenvalue weighted by atomic mass is 16.5. The Labute approximate surface area is 201 Å². The van der Waals surface area contributed by atoms with E-state index in [0.717, 1.165) is 48.4 Å². The highest BCUT2D eigenvalue weighted by Gasteiger charge is 2.18. The summed E-state index contributed by atoms with van der Waals surface area (Å²) in [5, 5.41) is 2.97. The molecule has 0 atom stereocenters. The molecule has 0 saturated heterocycles. The van der Waals surface area contributed by atoms with Crippen LogP contribution >= 0.6 is 0 Å². The van der Waals surface area contributed by atoms with Gasteiger partial charge in [-0.1, -0.05) is 30.3 Å². The SMILES string of the molecule is COc1ccccc1CCn1c(C)cc(=O)c(C(=O)NCc2ccc3c(c2)CCCN3C)c1C. The van der Waals surface area contributed by atoms with E-state index in [2.05, 4.69) is 35.5 Å². The molecule has 4 rings (SSSR count). The molecule has 0 saturated carbocycles. The number of nitrogens with zero attached hydrogens (tertiary/aromatic N) is 2. The third-order valence-corrected chi connectivity index (χ3v) is 6.75. The van der Waals surface area contributed by atoms with Crippen LogP contribution in [-0.4, -0.2) is 31.2 Å². The Hall–Kier alpha value is -3.54. The zero-order chi connectivity index (χ0) is 24.2. The normalized spacial score (nSPS) is 12.9. The lowest BCUT2D eigenvalue weighted by molar-refractivity contribution is 0.0948. The Bertz CT molecular complexity index is 1260. The predicted molar refractivity (Wildman–Crippen MR) is 136 cm³/mol. The summed E-state index contributed by atoms with van der Waals surface area (Å²) in [5.74, 6) is 0.511. The number of benzene rings is 2. The molecular weight excluding hydrogens is 426 g/mol. The number of hydrogen-bond acceptors (Lipinski definition) is 4. The minimum atomic E-state index is -0.330. The molecule has 1 amide bonds. The number of hydrogen-bond donors (Lipinski definition) is 1. The molecular formula is C28H33N3O3. The van der Waals surface area contributed by atoms with E-state index in [9.17, 15) is 9.59 Å². The molecule has 0 fully saturated rings. The van der Waals surface area contributed by atoms with Gasteiger partial charge in [-0.3, -0.25) is 9.59 Å². The van der Waals surface area contributed by atoms with Crippen molar-refractivity contribution in [3.63, 3.8) is 0 Å². The number of amides is 1. The van der Waals surface area contributed by atoms with Crippen LogP contribution in [0.4, 0.5) is 5.69 Å². The summed E-state index contributed by atoms with van der Waals surface area (Å²) >= 11 is 0. The average molecular weight is 460 g/mol. The Morgan fingerprint density at radius 1 is 1.12 bits per heavy atom. The number of ether oxygens (including phenoxy) is 1. The highest BCUT2D eigenvalue weighted by Crippen LogP contribution is 2.26. The van der Waals surface area contributed by atoms with Crippen LogP contribution in [0.1, 0.15) is 44.9 Å². The van der Waals surface area contributed by atoms with Gasteiger partial charge in [0.25, 0.3) is 5.91 Å². The van der Waals surface area contributed by atoms with Crippen molar-refractivity contribution >= 4 is 11.6 Å². The number of carbonyl (C=O) groups is 1. The van der Waals surface area contributed by atoms with Crippen molar-refractivity contribution in [1.82, 2.24) is 9.88 Å². The molecule has 0 spiro atoms. The lowest BCUT2D eigenvalue weighted by Gasteiger charge is -2.27. The number of fused-ring (bicyclic) bond motifs is 1. The second kappa shape index (κ2) is 10.2. The molecule has 178 valence electrons. The lowest BCUT2D eigenvalue weighted by Crippen LogP contribution is -2.32. The van der Waals surface area contributed by atoms with Crippen LogP contribution in [0.2, 0.25) is 0 Å². The Kier molecular flexibility index (Phi) is 7.06. The van der Waals surface area contributed by atoms with Crippen LogP contribution < -0.4 is 20.4 Å². The minimum Gasteiger partial charge on any atom is -0.496 e. The summed E-state index contributed by atoms with van der Waals surface area (Å²) < 4.78 is 7.50. The third kappa shape index (κ3) is 4.86. The smallest absolute Gasteiger partial charge is 0.257 e. The number of nitrogens with one attached hydrogen (secondary N) is 1. The standard InChI is InChI=1S/C28H33N3O3/c1-19-16-25(32)27(20(2)31(19)15-13-22-8-5-6-10-26(22)34-4)28(33)29-18-21-11-12-24-23(17-21)9-7-14-30(24)3/h5-6,8,10-12,16-17H,7,9,13-15,18H2,1-4H3,(H,29,33). The van der Waals surface area contributed by atoms with Crippen LogP contribution in [-0.2, 0) is 25.9 Å². The number of carbonyl (C=O) groups excluding carboxylic acids is 1. The zero-order valence-corrected chi connectivity index (χ0v) is 20.5. The van der Waals surface area contributed by atoms with Gasteiger partial charge in [0.1, 0.15) is 11.3 Å². The fourth-order valence-electron chi connectivity index (χ4n) is 4.90. The van der Waals surface area contributed by atoms with E-state index >= 15 is 0 Å². The molecule has 34 heavy (non-hydrogen) atoms. The summed E-state index contributed by atoms with van der Waals surface area (Å²) in [4.78, 5) is 28.1. The van der Waals surface area contributed by atoms with E-state index in [0.29, 0.717) is 18.8 Å². The van der Waals surface area contributed by atoms with Crippen molar-refractivity contribution < 1.29 is 9.53 Å². The van der Waals surface area contributed by atoms with Crippen LogP contribution in [0.25, 0.3) is 0 Å². The van der Waals surface area contributed by atoms with Crippen molar-refractivity contribution in [2.45, 2.75) is 46.2 Å². The summed E-state index contributed by atoms with van der Waals surface area (Å²) in [6, 6.07) is 15.8. The van der Waals surface area contributed by atoms with Crippen LogP contribution in [0, 0.1) is 13.8 Å². The Balaban J connectivity index is 1.51. The summed E-state index contributed by atoms with van der Waals surface area (Å²) in [7, 11) is 3.77. The molecule has 0 unspecified atom stereocenters. The van der Waals surface area contributed by atoms with E-state index in [-0.39, 0.29) is 16.9 Å². The topological polar surface area (TPSA) is 63.6 Å². The van der Waals surface area contributed by atoms with Crippen molar-refractivity contribution in [2.24, 2.45) is 0 Å². The largest absolute Gasteiger partial charge is 0.496 e. The van der Waals surface area contributed by atoms with Gasteiger partial charge in [-0.2, -0.15) is 0 Å². The number of methoxy groups -OCH3 is 1.